The number of nitrogens with one attached hydrogen (secondary N) is 1. The lowest BCUT2D eigenvalue weighted by Crippen LogP contribution is -2.44. The van der Waals surface area contributed by atoms with Gasteiger partial charge in [-0.3, -0.25) is 14.5 Å². The molecule has 0 aromatic heterocycles. The van der Waals surface area contributed by atoms with Gasteiger partial charge in [-0.1, -0.05) is 0 Å². The molecule has 1 aliphatic heterocycles. The van der Waals surface area contributed by atoms with Crippen molar-refractivity contribution < 1.29 is 19.5 Å². The van der Waals surface area contributed by atoms with Crippen LogP contribution in [0.4, 0.5) is 0 Å². The average Bonchev–Trinajstić information content (AvgIpc) is 2.08. The molecule has 0 fully saturated rings. The summed E-state index contributed by atoms with van der Waals surface area (Å²) in [6.45, 7) is -0.126. The van der Waals surface area contributed by atoms with Crippen molar-refractivity contribution in [1.29, 1.82) is 0 Å². The van der Waals surface area contributed by atoms with Gasteiger partial charge < -0.3 is 10.4 Å². The molecule has 1 heterocycles. The summed E-state index contributed by atoms with van der Waals surface area (Å²) in [7, 11) is 0. The Balaban J connectivity index is 2.81. The number of carbonyl (C=O) groups excluding carboxylic acids is 2. The van der Waals surface area contributed by atoms with E-state index in [2.05, 4.69) is 21.2 Å². The van der Waals surface area contributed by atoms with Gasteiger partial charge in [0.1, 0.15) is 0 Å². The quantitative estimate of drug-likeness (QED) is 0.551. The zero-order valence-electron chi connectivity index (χ0n) is 6.28. The molecule has 0 saturated heterocycles. The Labute approximate surface area is 81.3 Å². The van der Waals surface area contributed by atoms with E-state index < -0.39 is 11.9 Å². The first-order valence-electron chi connectivity index (χ1n) is 3.22. The molecule has 0 spiro atoms. The van der Waals surface area contributed by atoms with Crippen LogP contribution in [-0.4, -0.2) is 34.5 Å². The van der Waals surface area contributed by atoms with Crippen LogP contribution in [-0.2, 0) is 14.4 Å². The zero-order valence-corrected chi connectivity index (χ0v) is 7.87. The zero-order chi connectivity index (χ0) is 10.0. The molecule has 0 atom stereocenters. The van der Waals surface area contributed by atoms with E-state index in [4.69, 9.17) is 5.11 Å². The molecule has 0 unspecified atom stereocenters. The number of carbonyl (C=O) groups is 3. The van der Waals surface area contributed by atoms with Crippen molar-refractivity contribution in [2.45, 2.75) is 0 Å². The predicted octanol–water partition coefficient (Wildman–Crippen LogP) is -0.777. The number of rotatable bonds is 0. The van der Waals surface area contributed by atoms with Gasteiger partial charge in [0.15, 0.2) is 0 Å². The van der Waals surface area contributed by atoms with Gasteiger partial charge in [0.05, 0.1) is 11.2 Å². The highest BCUT2D eigenvalue weighted by molar-refractivity contribution is 9.12. The van der Waals surface area contributed by atoms with Crippen molar-refractivity contribution in [2.24, 2.45) is 0 Å². The third kappa shape index (κ3) is 2.05. The molecule has 0 aliphatic carbocycles. The van der Waals surface area contributed by atoms with Gasteiger partial charge >= 0.3 is 11.9 Å². The van der Waals surface area contributed by atoms with Crippen LogP contribution in [0.5, 0.6) is 0 Å². The van der Waals surface area contributed by atoms with Gasteiger partial charge in [-0.05, 0) is 15.9 Å². The van der Waals surface area contributed by atoms with Crippen LogP contribution in [0.25, 0.3) is 0 Å². The minimum Gasteiger partial charge on any atom is -0.474 e. The normalized spacial score (nSPS) is 16.2. The first kappa shape index (κ1) is 9.72. The van der Waals surface area contributed by atoms with E-state index >= 15 is 0 Å². The minimum absolute atomic E-state index is 0.119. The van der Waals surface area contributed by atoms with Gasteiger partial charge in [0.25, 0.3) is 5.91 Å². The topological polar surface area (TPSA) is 86.7 Å². The van der Waals surface area contributed by atoms with Crippen LogP contribution in [0.15, 0.2) is 10.7 Å². The minimum atomic E-state index is -1.56. The van der Waals surface area contributed by atoms with E-state index in [1.807, 2.05) is 0 Å². The first-order chi connectivity index (χ1) is 6.02. The molecule has 0 radical (unpaired) electrons. The monoisotopic (exact) mass is 248 g/mol. The highest BCUT2D eigenvalue weighted by Gasteiger charge is 2.24. The van der Waals surface area contributed by atoms with Crippen molar-refractivity contribution in [3.63, 3.8) is 0 Å². The van der Waals surface area contributed by atoms with Crippen LogP contribution in [0, 0.1) is 0 Å². The van der Waals surface area contributed by atoms with E-state index in [9.17, 15) is 14.4 Å². The number of carboxylic acid groups (broad SMARTS) is 1. The predicted molar refractivity (Wildman–Crippen MR) is 44.5 cm³/mol. The fourth-order valence-corrected chi connectivity index (χ4v) is 1.12. The number of aliphatic carboxylic acids is 1. The Kier molecular flexibility index (Phi) is 2.66. The maximum atomic E-state index is 10.9. The number of hydrogen-bond donors (Lipinski definition) is 2. The molecular formula is C6H5BrN2O4. The molecule has 1 rings (SSSR count). The lowest BCUT2D eigenvalue weighted by molar-refractivity contribution is -0.154. The third-order valence-corrected chi connectivity index (χ3v) is 1.90. The first-order valence-corrected chi connectivity index (χ1v) is 4.01. The van der Waals surface area contributed by atoms with Gasteiger partial charge in [0, 0.05) is 6.20 Å². The highest BCUT2D eigenvalue weighted by Crippen LogP contribution is 2.10. The third-order valence-electron chi connectivity index (χ3n) is 1.34. The van der Waals surface area contributed by atoms with Crippen molar-refractivity contribution in [3.05, 3.63) is 10.7 Å². The molecule has 70 valence electrons. The number of carboxylic acids is 1. The van der Waals surface area contributed by atoms with Crippen molar-refractivity contribution in [1.82, 2.24) is 10.2 Å². The Bertz CT molecular complexity index is 312. The maximum Gasteiger partial charge on any atom is 0.395 e. The van der Waals surface area contributed by atoms with Crippen molar-refractivity contribution >= 4 is 33.7 Å². The standard InChI is InChI=1S/C6H5BrN2O4/c7-3-1-9(2-8-4(3)10)5(11)6(12)13/h1H,2H2,(H,8,10)(H,12,13). The number of halogens is 1. The summed E-state index contributed by atoms with van der Waals surface area (Å²) in [5.74, 6) is -3.03. The SMILES string of the molecule is O=C(O)C(=O)N1C=C(Br)C(=O)NC1. The summed E-state index contributed by atoms with van der Waals surface area (Å²) in [5, 5.41) is 10.6. The molecule has 0 aromatic carbocycles. The van der Waals surface area contributed by atoms with E-state index in [0.717, 1.165) is 11.1 Å². The second kappa shape index (κ2) is 3.56. The second-order valence-electron chi connectivity index (χ2n) is 2.22. The van der Waals surface area contributed by atoms with E-state index in [0.29, 0.717) is 0 Å². The van der Waals surface area contributed by atoms with Gasteiger partial charge in [0.2, 0.25) is 0 Å². The lowest BCUT2D eigenvalue weighted by atomic mass is 10.4. The Morgan fingerprint density at radius 2 is 2.23 bits per heavy atom. The molecule has 2 N–H and O–H groups in total. The fourth-order valence-electron chi connectivity index (χ4n) is 0.736. The summed E-state index contributed by atoms with van der Waals surface area (Å²) in [6, 6.07) is 0. The summed E-state index contributed by atoms with van der Waals surface area (Å²) >= 11 is 2.87. The molecule has 1 aliphatic rings. The Morgan fingerprint density at radius 1 is 1.62 bits per heavy atom. The molecule has 13 heavy (non-hydrogen) atoms. The van der Waals surface area contributed by atoms with Crippen molar-refractivity contribution in [2.75, 3.05) is 6.67 Å². The van der Waals surface area contributed by atoms with Crippen LogP contribution in [0.2, 0.25) is 0 Å². The summed E-state index contributed by atoms with van der Waals surface area (Å²) in [4.78, 5) is 32.8. The van der Waals surface area contributed by atoms with E-state index in [1.54, 1.807) is 0 Å². The van der Waals surface area contributed by atoms with Crippen LogP contribution in [0.1, 0.15) is 0 Å². The fraction of sp³-hybridized carbons (Fsp3) is 0.167. The smallest absolute Gasteiger partial charge is 0.395 e. The van der Waals surface area contributed by atoms with Gasteiger partial charge in [-0.25, -0.2) is 4.79 Å². The Hall–Kier alpha value is -1.37. The Morgan fingerprint density at radius 3 is 2.69 bits per heavy atom. The number of amides is 2. The highest BCUT2D eigenvalue weighted by atomic mass is 79.9. The van der Waals surface area contributed by atoms with Crippen LogP contribution in [0.3, 0.4) is 0 Å². The second-order valence-corrected chi connectivity index (χ2v) is 3.08. The number of nitrogens with zero attached hydrogens (tertiary/aromatic N) is 1. The van der Waals surface area contributed by atoms with E-state index in [-0.39, 0.29) is 17.1 Å². The summed E-state index contributed by atoms with van der Waals surface area (Å²) in [5.41, 5.74) is 0. The largest absolute Gasteiger partial charge is 0.474 e. The lowest BCUT2D eigenvalue weighted by Gasteiger charge is -2.21. The van der Waals surface area contributed by atoms with Crippen LogP contribution >= 0.6 is 15.9 Å². The molecular weight excluding hydrogens is 244 g/mol. The molecule has 7 heteroatoms. The van der Waals surface area contributed by atoms with Gasteiger partial charge in [-0.2, -0.15) is 0 Å². The number of hydrogen-bond acceptors (Lipinski definition) is 3. The molecule has 6 nitrogen and oxygen atoms in total. The van der Waals surface area contributed by atoms with Crippen molar-refractivity contribution in [3.8, 4) is 0 Å². The molecule has 0 aromatic rings. The van der Waals surface area contributed by atoms with E-state index in [1.165, 1.54) is 0 Å². The van der Waals surface area contributed by atoms with Crippen LogP contribution < -0.4 is 5.32 Å². The summed E-state index contributed by atoms with van der Waals surface area (Å²) in [6.07, 6.45) is 1.13. The molecule has 0 bridgehead atoms. The summed E-state index contributed by atoms with van der Waals surface area (Å²) < 4.78 is 0.119. The average molecular weight is 249 g/mol. The molecule has 0 saturated carbocycles. The van der Waals surface area contributed by atoms with Gasteiger partial charge in [-0.15, -0.1) is 0 Å². The molecule has 2 amide bonds. The maximum absolute atomic E-state index is 10.9.